The normalized spacial score (nSPS) is 13.0. The Morgan fingerprint density at radius 3 is 2.07 bits per heavy atom. The van der Waals surface area contributed by atoms with Crippen LogP contribution in [0.1, 0.15) is 54.7 Å². The monoisotopic (exact) mass is 618 g/mol. The quantitative estimate of drug-likeness (QED) is 0.130. The van der Waals surface area contributed by atoms with E-state index in [1.54, 1.807) is 30.2 Å². The van der Waals surface area contributed by atoms with Crippen LogP contribution in [0.4, 0.5) is 0 Å². The highest BCUT2D eigenvalue weighted by Gasteiger charge is 2.26. The molecule has 10 heteroatoms. The van der Waals surface area contributed by atoms with Gasteiger partial charge in [-0.25, -0.2) is 9.97 Å². The Bertz CT molecular complexity index is 1510. The van der Waals surface area contributed by atoms with E-state index in [2.05, 4.69) is 72.6 Å². The van der Waals surface area contributed by atoms with Crippen molar-refractivity contribution in [2.45, 2.75) is 69.7 Å². The fourth-order valence-corrected chi connectivity index (χ4v) is 5.89. The number of amides is 2. The van der Waals surface area contributed by atoms with Crippen LogP contribution in [-0.2, 0) is 16.6 Å². The van der Waals surface area contributed by atoms with Gasteiger partial charge in [0.1, 0.15) is 6.04 Å². The van der Waals surface area contributed by atoms with E-state index in [0.29, 0.717) is 10.7 Å². The second-order valence-corrected chi connectivity index (χ2v) is 13.7. The molecular formula is C33H38N4O4S2. The number of aliphatic hydroxyl groups is 2. The van der Waals surface area contributed by atoms with Gasteiger partial charge in [-0.2, -0.15) is 0 Å². The Morgan fingerprint density at radius 2 is 1.51 bits per heavy atom. The van der Waals surface area contributed by atoms with Gasteiger partial charge in [0.05, 0.1) is 10.9 Å². The van der Waals surface area contributed by atoms with Crippen LogP contribution in [-0.4, -0.2) is 56.1 Å². The molecule has 0 bridgehead atoms. The first-order valence-corrected chi connectivity index (χ1v) is 16.0. The molecule has 4 aromatic rings. The molecule has 8 nitrogen and oxygen atoms in total. The lowest BCUT2D eigenvalue weighted by Gasteiger charge is -2.22. The summed E-state index contributed by atoms with van der Waals surface area (Å²) in [5.74, 6) is 0.737. The number of benzene rings is 2. The molecule has 4 rings (SSSR count). The summed E-state index contributed by atoms with van der Waals surface area (Å²) in [6, 6.07) is 17.7. The van der Waals surface area contributed by atoms with E-state index in [1.807, 2.05) is 30.3 Å². The lowest BCUT2D eigenvalue weighted by Crippen LogP contribution is -2.52. The topological polar surface area (TPSA) is 124 Å². The molecule has 0 aliphatic carbocycles. The molecule has 2 atom stereocenters. The molecule has 0 aliphatic heterocycles. The second-order valence-electron chi connectivity index (χ2n) is 11.3. The van der Waals surface area contributed by atoms with Gasteiger partial charge in [0.25, 0.3) is 5.91 Å². The number of thioether (sulfide) groups is 1. The fourth-order valence-electron chi connectivity index (χ4n) is 4.26. The number of carbonyl (C=O) groups excluding carboxylic acids is 2. The standard InChI is InChI=1S/C33H38N4O4S2/c1-6-42-25-13-11-22(12-14-25)24-18-34-29(35-19-24)23-9-7-21(8-10-23)17-26(30(38)36-20(2)32(40)41)37-31(39)27-15-16-28(43-27)33(3,4)5/h7-16,18-20,26,32,40-41H,6,17H2,1-5H3,(H,36,38)(H,37,39). The smallest absolute Gasteiger partial charge is 0.262 e. The molecule has 0 spiro atoms. The summed E-state index contributed by atoms with van der Waals surface area (Å²) in [7, 11) is 0. The van der Waals surface area contributed by atoms with E-state index < -0.39 is 24.3 Å². The van der Waals surface area contributed by atoms with Crippen LogP contribution in [0.5, 0.6) is 0 Å². The first kappa shape index (κ1) is 32.3. The Labute approximate surface area is 261 Å². The van der Waals surface area contributed by atoms with Crippen molar-refractivity contribution >= 4 is 34.9 Å². The minimum absolute atomic E-state index is 0.0996. The van der Waals surface area contributed by atoms with Gasteiger partial charge in [-0.05, 0) is 53.5 Å². The summed E-state index contributed by atoms with van der Waals surface area (Å²) in [6.45, 7) is 9.84. The van der Waals surface area contributed by atoms with Crippen LogP contribution in [0.25, 0.3) is 22.5 Å². The van der Waals surface area contributed by atoms with Crippen LogP contribution >= 0.6 is 23.1 Å². The molecule has 0 fully saturated rings. The average molecular weight is 619 g/mol. The molecule has 2 aromatic carbocycles. The summed E-state index contributed by atoms with van der Waals surface area (Å²) in [5.41, 5.74) is 3.51. The first-order valence-electron chi connectivity index (χ1n) is 14.2. The van der Waals surface area contributed by atoms with Crippen LogP contribution < -0.4 is 10.6 Å². The average Bonchev–Trinajstić information content (AvgIpc) is 3.50. The molecule has 43 heavy (non-hydrogen) atoms. The van der Waals surface area contributed by atoms with E-state index in [1.165, 1.54) is 23.2 Å². The molecule has 2 unspecified atom stereocenters. The lowest BCUT2D eigenvalue weighted by atomic mass is 9.95. The number of thiophene rings is 1. The molecule has 2 amide bonds. The van der Waals surface area contributed by atoms with Gasteiger partial charge in [-0.15, -0.1) is 23.1 Å². The van der Waals surface area contributed by atoms with Gasteiger partial charge >= 0.3 is 0 Å². The zero-order valence-corrected chi connectivity index (χ0v) is 26.6. The number of nitrogens with zero attached hydrogens (tertiary/aromatic N) is 2. The molecule has 2 heterocycles. The largest absolute Gasteiger partial charge is 0.366 e. The highest BCUT2D eigenvalue weighted by Crippen LogP contribution is 2.29. The van der Waals surface area contributed by atoms with E-state index >= 15 is 0 Å². The third-order valence-electron chi connectivity index (χ3n) is 6.81. The van der Waals surface area contributed by atoms with Crippen molar-refractivity contribution in [3.63, 3.8) is 0 Å². The van der Waals surface area contributed by atoms with Crippen molar-refractivity contribution in [2.75, 3.05) is 5.75 Å². The summed E-state index contributed by atoms with van der Waals surface area (Å²) in [5, 5.41) is 24.4. The van der Waals surface area contributed by atoms with E-state index in [0.717, 1.165) is 32.9 Å². The number of carbonyl (C=O) groups is 2. The molecule has 0 saturated heterocycles. The number of rotatable bonds is 11. The molecule has 0 radical (unpaired) electrons. The fraction of sp³-hybridized carbons (Fsp3) is 0.333. The molecular weight excluding hydrogens is 581 g/mol. The van der Waals surface area contributed by atoms with Gasteiger partial charge in [0, 0.05) is 39.7 Å². The zero-order chi connectivity index (χ0) is 31.1. The van der Waals surface area contributed by atoms with Crippen LogP contribution in [0, 0.1) is 0 Å². The van der Waals surface area contributed by atoms with Gasteiger partial charge in [0.2, 0.25) is 5.91 Å². The van der Waals surface area contributed by atoms with Crippen LogP contribution in [0.3, 0.4) is 0 Å². The Balaban J connectivity index is 1.48. The maximum Gasteiger partial charge on any atom is 0.262 e. The summed E-state index contributed by atoms with van der Waals surface area (Å²) in [4.78, 5) is 38.2. The van der Waals surface area contributed by atoms with Crippen LogP contribution in [0.2, 0.25) is 0 Å². The van der Waals surface area contributed by atoms with Crippen molar-refractivity contribution in [1.82, 2.24) is 20.6 Å². The highest BCUT2D eigenvalue weighted by molar-refractivity contribution is 7.99. The summed E-state index contributed by atoms with van der Waals surface area (Å²) < 4.78 is 0. The van der Waals surface area contributed by atoms with Gasteiger partial charge in [-0.3, -0.25) is 9.59 Å². The SMILES string of the molecule is CCSc1ccc(-c2cnc(-c3ccc(CC(NC(=O)c4ccc(C(C)(C)C)s4)C(=O)NC(C)C(O)O)cc3)nc2)cc1. The molecule has 226 valence electrons. The maximum atomic E-state index is 13.1. The third-order valence-corrected chi connectivity index (χ3v) is 9.21. The number of hydrogen-bond donors (Lipinski definition) is 4. The number of hydrogen-bond acceptors (Lipinski definition) is 8. The lowest BCUT2D eigenvalue weighted by molar-refractivity contribution is -0.128. The first-order chi connectivity index (χ1) is 20.4. The molecule has 0 aliphatic rings. The predicted octanol–water partition coefficient (Wildman–Crippen LogP) is 5.44. The summed E-state index contributed by atoms with van der Waals surface area (Å²) >= 11 is 3.19. The third kappa shape index (κ3) is 8.73. The molecule has 0 saturated carbocycles. The van der Waals surface area contributed by atoms with Crippen molar-refractivity contribution in [3.8, 4) is 22.5 Å². The Morgan fingerprint density at radius 1 is 0.884 bits per heavy atom. The Kier molecular flexibility index (Phi) is 10.7. The number of nitrogens with one attached hydrogen (secondary N) is 2. The summed E-state index contributed by atoms with van der Waals surface area (Å²) in [6.07, 6.45) is 2.09. The van der Waals surface area contributed by atoms with Crippen molar-refractivity contribution in [3.05, 3.63) is 88.4 Å². The van der Waals surface area contributed by atoms with Gasteiger partial charge < -0.3 is 20.8 Å². The van der Waals surface area contributed by atoms with E-state index in [4.69, 9.17) is 0 Å². The molecule has 4 N–H and O–H groups in total. The Hall–Kier alpha value is -3.57. The van der Waals surface area contributed by atoms with Crippen molar-refractivity contribution in [2.24, 2.45) is 0 Å². The van der Waals surface area contributed by atoms with Crippen molar-refractivity contribution < 1.29 is 19.8 Å². The zero-order valence-electron chi connectivity index (χ0n) is 25.0. The van der Waals surface area contributed by atoms with Crippen molar-refractivity contribution in [1.29, 1.82) is 0 Å². The molecule has 2 aromatic heterocycles. The number of aliphatic hydroxyl groups excluding tert-OH is 1. The van der Waals surface area contributed by atoms with E-state index in [-0.39, 0.29) is 17.7 Å². The minimum atomic E-state index is -1.72. The number of aromatic nitrogens is 2. The van der Waals surface area contributed by atoms with Gasteiger partial charge in [0.15, 0.2) is 12.1 Å². The van der Waals surface area contributed by atoms with Gasteiger partial charge in [-0.1, -0.05) is 64.1 Å². The second kappa shape index (κ2) is 14.3. The van der Waals surface area contributed by atoms with E-state index in [9.17, 15) is 19.8 Å². The maximum absolute atomic E-state index is 13.1. The highest BCUT2D eigenvalue weighted by atomic mass is 32.2. The predicted molar refractivity (Wildman–Crippen MR) is 173 cm³/mol. The minimum Gasteiger partial charge on any atom is -0.366 e. The van der Waals surface area contributed by atoms with Crippen LogP contribution in [0.15, 0.2) is 78.0 Å².